The summed E-state index contributed by atoms with van der Waals surface area (Å²) in [6.07, 6.45) is -4.78. The second-order valence-corrected chi connectivity index (χ2v) is 4.09. The van der Waals surface area contributed by atoms with Gasteiger partial charge in [0.05, 0.1) is 6.42 Å². The topological polar surface area (TPSA) is 15.3 Å². The highest BCUT2D eigenvalue weighted by Crippen LogP contribution is 2.19. The van der Waals surface area contributed by atoms with Crippen molar-refractivity contribution in [2.75, 3.05) is 33.2 Å². The van der Waals surface area contributed by atoms with Crippen LogP contribution in [0.1, 0.15) is 13.3 Å². The van der Waals surface area contributed by atoms with Crippen molar-refractivity contribution < 1.29 is 13.2 Å². The minimum Gasteiger partial charge on any atom is -0.309 e. The summed E-state index contributed by atoms with van der Waals surface area (Å²) in [5, 5.41) is 3.12. The number of hydrogen-bond donors (Lipinski definition) is 1. The first-order chi connectivity index (χ1) is 6.88. The molecule has 0 amide bonds. The lowest BCUT2D eigenvalue weighted by Crippen LogP contribution is -2.36. The van der Waals surface area contributed by atoms with Crippen molar-refractivity contribution in [3.05, 3.63) is 11.1 Å². The molecule has 0 unspecified atom stereocenters. The molecule has 88 valence electrons. The first kappa shape index (κ1) is 12.5. The predicted octanol–water partition coefficient (Wildman–Crippen LogP) is 1.79. The number of rotatable bonds is 4. The predicted molar refractivity (Wildman–Crippen MR) is 53.7 cm³/mol. The van der Waals surface area contributed by atoms with Crippen molar-refractivity contribution in [3.8, 4) is 0 Å². The minimum atomic E-state index is -4.05. The standard InChI is InChI=1S/C10H17F3N2/c1-8(9-5-14-6-9)7-15(2)4-3-10(11,12)13/h14H,3-7H2,1-2H3. The lowest BCUT2D eigenvalue weighted by molar-refractivity contribution is -0.137. The smallest absolute Gasteiger partial charge is 0.309 e. The van der Waals surface area contributed by atoms with E-state index >= 15 is 0 Å². The second kappa shape index (κ2) is 4.99. The number of nitrogens with zero attached hydrogens (tertiary/aromatic N) is 1. The van der Waals surface area contributed by atoms with Crippen LogP contribution >= 0.6 is 0 Å². The number of halogens is 3. The summed E-state index contributed by atoms with van der Waals surface area (Å²) in [6.45, 7) is 4.47. The van der Waals surface area contributed by atoms with E-state index in [4.69, 9.17) is 0 Å². The maximum atomic E-state index is 11.9. The van der Waals surface area contributed by atoms with Crippen molar-refractivity contribution in [2.24, 2.45) is 0 Å². The Morgan fingerprint density at radius 2 is 2.00 bits per heavy atom. The maximum Gasteiger partial charge on any atom is 0.390 e. The average Bonchev–Trinajstić information content (AvgIpc) is 1.95. The highest BCUT2D eigenvalue weighted by molar-refractivity contribution is 5.22. The third-order valence-electron chi connectivity index (χ3n) is 2.56. The van der Waals surface area contributed by atoms with Crippen molar-refractivity contribution >= 4 is 0 Å². The molecular weight excluding hydrogens is 205 g/mol. The summed E-state index contributed by atoms with van der Waals surface area (Å²) in [5.41, 5.74) is 2.52. The van der Waals surface area contributed by atoms with Crippen LogP contribution in [0, 0.1) is 0 Å². The van der Waals surface area contributed by atoms with Gasteiger partial charge in [0, 0.05) is 26.2 Å². The normalized spacial score (nSPS) is 16.8. The summed E-state index contributed by atoms with van der Waals surface area (Å²) in [6, 6.07) is 0. The Morgan fingerprint density at radius 3 is 2.40 bits per heavy atom. The lowest BCUT2D eigenvalue weighted by Gasteiger charge is -2.25. The zero-order chi connectivity index (χ0) is 11.5. The van der Waals surface area contributed by atoms with Gasteiger partial charge in [-0.2, -0.15) is 13.2 Å². The molecule has 0 aromatic rings. The summed E-state index contributed by atoms with van der Waals surface area (Å²) in [4.78, 5) is 1.72. The molecule has 1 saturated heterocycles. The number of alkyl halides is 3. The van der Waals surface area contributed by atoms with E-state index in [1.165, 1.54) is 11.1 Å². The van der Waals surface area contributed by atoms with Crippen LogP contribution in [0.5, 0.6) is 0 Å². The van der Waals surface area contributed by atoms with Gasteiger partial charge < -0.3 is 10.2 Å². The molecule has 1 heterocycles. The zero-order valence-corrected chi connectivity index (χ0v) is 9.12. The van der Waals surface area contributed by atoms with Gasteiger partial charge in [0.15, 0.2) is 0 Å². The Balaban J connectivity index is 2.26. The van der Waals surface area contributed by atoms with Crippen LogP contribution in [0.15, 0.2) is 11.1 Å². The molecule has 0 aromatic carbocycles. The van der Waals surface area contributed by atoms with E-state index in [1.54, 1.807) is 11.9 Å². The van der Waals surface area contributed by atoms with Gasteiger partial charge in [-0.3, -0.25) is 0 Å². The summed E-state index contributed by atoms with van der Waals surface area (Å²) in [5.74, 6) is 0. The van der Waals surface area contributed by atoms with Crippen molar-refractivity contribution in [3.63, 3.8) is 0 Å². The van der Waals surface area contributed by atoms with E-state index in [0.717, 1.165) is 13.1 Å². The lowest BCUT2D eigenvalue weighted by atomic mass is 10.0. The van der Waals surface area contributed by atoms with Crippen LogP contribution in [0.25, 0.3) is 0 Å². The first-order valence-corrected chi connectivity index (χ1v) is 5.02. The SMILES string of the molecule is CC(CN(C)CCC(F)(F)F)=C1CNC1. The molecule has 1 rings (SSSR count). The highest BCUT2D eigenvalue weighted by Gasteiger charge is 2.27. The van der Waals surface area contributed by atoms with E-state index in [2.05, 4.69) is 5.32 Å². The molecule has 5 heteroatoms. The molecule has 1 N–H and O–H groups in total. The molecule has 0 atom stereocenters. The largest absolute Gasteiger partial charge is 0.390 e. The van der Waals surface area contributed by atoms with Crippen LogP contribution in [0.2, 0.25) is 0 Å². The third-order valence-corrected chi connectivity index (χ3v) is 2.56. The maximum absolute atomic E-state index is 11.9. The van der Waals surface area contributed by atoms with Gasteiger partial charge in [-0.15, -0.1) is 0 Å². The average molecular weight is 222 g/mol. The van der Waals surface area contributed by atoms with Gasteiger partial charge in [0.1, 0.15) is 0 Å². The second-order valence-electron chi connectivity index (χ2n) is 4.09. The van der Waals surface area contributed by atoms with E-state index < -0.39 is 12.6 Å². The number of likely N-dealkylation sites (N-methyl/N-ethyl adjacent to an activating group) is 1. The Hall–Kier alpha value is -0.550. The van der Waals surface area contributed by atoms with Crippen molar-refractivity contribution in [1.29, 1.82) is 0 Å². The van der Waals surface area contributed by atoms with Gasteiger partial charge >= 0.3 is 6.18 Å². The van der Waals surface area contributed by atoms with Crippen LogP contribution in [0.3, 0.4) is 0 Å². The van der Waals surface area contributed by atoms with Crippen molar-refractivity contribution in [1.82, 2.24) is 10.2 Å². The fourth-order valence-corrected chi connectivity index (χ4v) is 1.47. The fourth-order valence-electron chi connectivity index (χ4n) is 1.47. The van der Waals surface area contributed by atoms with E-state index in [9.17, 15) is 13.2 Å². The Bertz CT molecular complexity index is 240. The van der Waals surface area contributed by atoms with E-state index in [0.29, 0.717) is 6.54 Å². The third kappa shape index (κ3) is 4.66. The molecule has 1 aliphatic heterocycles. The minimum absolute atomic E-state index is 0.0710. The van der Waals surface area contributed by atoms with Crippen LogP contribution in [0.4, 0.5) is 13.2 Å². The van der Waals surface area contributed by atoms with Crippen molar-refractivity contribution in [2.45, 2.75) is 19.5 Å². The Kier molecular flexibility index (Phi) is 4.16. The van der Waals surface area contributed by atoms with Crippen LogP contribution in [-0.2, 0) is 0 Å². The van der Waals surface area contributed by atoms with Crippen LogP contribution in [-0.4, -0.2) is 44.3 Å². The van der Waals surface area contributed by atoms with Gasteiger partial charge in [-0.05, 0) is 19.5 Å². The molecule has 0 radical (unpaired) electrons. The van der Waals surface area contributed by atoms with E-state index in [-0.39, 0.29) is 6.54 Å². The van der Waals surface area contributed by atoms with Gasteiger partial charge in [-0.25, -0.2) is 0 Å². The molecule has 1 aliphatic rings. The molecular formula is C10H17F3N2. The molecule has 0 aromatic heterocycles. The van der Waals surface area contributed by atoms with Gasteiger partial charge in [0.25, 0.3) is 0 Å². The van der Waals surface area contributed by atoms with E-state index in [1.807, 2.05) is 6.92 Å². The summed E-state index contributed by atoms with van der Waals surface area (Å²) < 4.78 is 35.8. The van der Waals surface area contributed by atoms with Crippen LogP contribution < -0.4 is 5.32 Å². The fraction of sp³-hybridized carbons (Fsp3) is 0.800. The molecule has 15 heavy (non-hydrogen) atoms. The zero-order valence-electron chi connectivity index (χ0n) is 9.12. The Labute approximate surface area is 88.1 Å². The molecule has 0 saturated carbocycles. The summed E-state index contributed by atoms with van der Waals surface area (Å²) in [7, 11) is 1.72. The Morgan fingerprint density at radius 1 is 1.40 bits per heavy atom. The van der Waals surface area contributed by atoms with Gasteiger partial charge in [-0.1, -0.05) is 5.57 Å². The molecule has 0 aliphatic carbocycles. The quantitative estimate of drug-likeness (QED) is 0.729. The number of nitrogens with one attached hydrogen (secondary N) is 1. The number of hydrogen-bond acceptors (Lipinski definition) is 2. The monoisotopic (exact) mass is 222 g/mol. The first-order valence-electron chi connectivity index (χ1n) is 5.02. The molecule has 0 spiro atoms. The summed E-state index contributed by atoms with van der Waals surface area (Å²) >= 11 is 0. The molecule has 1 fully saturated rings. The molecule has 0 bridgehead atoms. The van der Waals surface area contributed by atoms with Gasteiger partial charge in [0.2, 0.25) is 0 Å². The molecule has 2 nitrogen and oxygen atoms in total. The highest BCUT2D eigenvalue weighted by atomic mass is 19.4.